The number of hydrogen-bond acceptors (Lipinski definition) is 12. The van der Waals surface area contributed by atoms with E-state index in [2.05, 4.69) is 30.4 Å². The number of carbonyl (C=O) groups excluding carboxylic acids is 3. The second-order valence-corrected chi connectivity index (χ2v) is 9.67. The SMILES string of the molecule is O=C(O)c1nn2cnn(-c3ccccc3)c2nc1=O.O=C1CCCC(=O)C1C(=O)c1nn2cnn(-c3ccccc3)c2nc1=O. The third kappa shape index (κ3) is 5.40. The largest absolute Gasteiger partial charge is 0.476 e. The van der Waals surface area contributed by atoms with Crippen molar-refractivity contribution in [1.82, 2.24) is 48.8 Å². The fourth-order valence-corrected chi connectivity index (χ4v) is 4.65. The second kappa shape index (κ2) is 11.6. The predicted molar refractivity (Wildman–Crippen MR) is 151 cm³/mol. The Kier molecular flexibility index (Phi) is 7.39. The van der Waals surface area contributed by atoms with Crippen molar-refractivity contribution in [3.8, 4) is 11.4 Å². The molecule has 0 spiro atoms. The number of para-hydroxylation sites is 2. The summed E-state index contributed by atoms with van der Waals surface area (Å²) in [5.74, 6) is -4.43. The Bertz CT molecular complexity index is 2220. The van der Waals surface area contributed by atoms with Gasteiger partial charge in [0.1, 0.15) is 18.6 Å². The lowest BCUT2D eigenvalue weighted by Gasteiger charge is -2.17. The molecule has 17 nitrogen and oxygen atoms in total. The van der Waals surface area contributed by atoms with Gasteiger partial charge >= 0.3 is 17.1 Å². The molecule has 0 atom stereocenters. The number of Topliss-reactive ketones (excluding diaryl/α,β-unsaturated/α-hetero) is 3. The fourth-order valence-electron chi connectivity index (χ4n) is 4.65. The molecule has 0 aliphatic heterocycles. The Morgan fingerprint density at radius 2 is 1.11 bits per heavy atom. The van der Waals surface area contributed by atoms with Gasteiger partial charge < -0.3 is 5.11 Å². The van der Waals surface area contributed by atoms with E-state index in [-0.39, 0.29) is 24.4 Å². The van der Waals surface area contributed by atoms with Crippen molar-refractivity contribution < 1.29 is 24.3 Å². The van der Waals surface area contributed by atoms with Crippen molar-refractivity contribution in [1.29, 1.82) is 0 Å². The van der Waals surface area contributed by atoms with Gasteiger partial charge in [-0.1, -0.05) is 36.4 Å². The molecule has 1 N–H and O–H groups in total. The Labute approximate surface area is 250 Å². The first-order chi connectivity index (χ1) is 21.7. The van der Waals surface area contributed by atoms with Crippen LogP contribution >= 0.6 is 0 Å². The van der Waals surface area contributed by atoms with Gasteiger partial charge in [0.05, 0.1) is 11.4 Å². The number of hydrogen-bond donors (Lipinski definition) is 1. The van der Waals surface area contributed by atoms with Crippen LogP contribution in [-0.4, -0.2) is 77.2 Å². The smallest absolute Gasteiger partial charge is 0.362 e. The molecule has 0 amide bonds. The Morgan fingerprint density at radius 3 is 1.58 bits per heavy atom. The van der Waals surface area contributed by atoms with Crippen LogP contribution < -0.4 is 11.1 Å². The van der Waals surface area contributed by atoms with Gasteiger partial charge in [0.25, 0.3) is 11.6 Å². The van der Waals surface area contributed by atoms with Gasteiger partial charge in [-0.3, -0.25) is 24.0 Å². The lowest BCUT2D eigenvalue weighted by Crippen LogP contribution is -2.38. The topological polar surface area (TPSA) is 219 Å². The van der Waals surface area contributed by atoms with Crippen molar-refractivity contribution in [3.63, 3.8) is 0 Å². The molecule has 0 radical (unpaired) electrons. The fraction of sp³-hybridized carbons (Fsp3) is 0.143. The molecule has 0 unspecified atom stereocenters. The van der Waals surface area contributed by atoms with Gasteiger partial charge in [-0.15, -0.1) is 0 Å². The lowest BCUT2D eigenvalue weighted by molar-refractivity contribution is -0.133. The maximum absolute atomic E-state index is 12.6. The molecule has 1 fully saturated rings. The van der Waals surface area contributed by atoms with Gasteiger partial charge in [-0.2, -0.15) is 48.8 Å². The van der Waals surface area contributed by atoms with Crippen molar-refractivity contribution in [2.45, 2.75) is 19.3 Å². The maximum Gasteiger partial charge on any atom is 0.362 e. The van der Waals surface area contributed by atoms with E-state index in [0.29, 0.717) is 17.8 Å². The number of benzene rings is 2. The van der Waals surface area contributed by atoms with E-state index in [0.717, 1.165) is 4.52 Å². The van der Waals surface area contributed by atoms with E-state index in [1.165, 1.54) is 26.5 Å². The molecular formula is C28H20N10O7. The Balaban J connectivity index is 0.000000167. The predicted octanol–water partition coefficient (Wildman–Crippen LogP) is 0.370. The van der Waals surface area contributed by atoms with Crippen molar-refractivity contribution in [2.24, 2.45) is 5.92 Å². The molecule has 224 valence electrons. The van der Waals surface area contributed by atoms with Crippen LogP contribution in [0, 0.1) is 5.92 Å². The number of carboxylic acids is 1. The zero-order valence-electron chi connectivity index (χ0n) is 23.0. The van der Waals surface area contributed by atoms with Crippen LogP contribution in [-0.2, 0) is 9.59 Å². The summed E-state index contributed by atoms with van der Waals surface area (Å²) in [6.07, 6.45) is 3.31. The first-order valence-corrected chi connectivity index (χ1v) is 13.4. The molecule has 6 aromatic rings. The summed E-state index contributed by atoms with van der Waals surface area (Å²) >= 11 is 0. The zero-order valence-corrected chi connectivity index (χ0v) is 23.0. The standard InChI is InChI=1S/C17H13N5O4.C11H7N5O3/c23-11-7-4-8-12(24)13(11)15(25)14-16(26)19-17-21(20-14)9-18-22(17)10-5-2-1-3-6-10;17-9-8(10(18)19)14-15-6-12-16(11(15)13-9)7-4-2-1-3-5-7/h1-3,5-6,9,13H,4,7-8H2;1-6H,(H,18,19). The number of fused-ring (bicyclic) bond motifs is 2. The van der Waals surface area contributed by atoms with E-state index >= 15 is 0 Å². The van der Waals surface area contributed by atoms with E-state index in [9.17, 15) is 28.8 Å². The van der Waals surface area contributed by atoms with Crippen molar-refractivity contribution >= 4 is 34.9 Å². The first kappa shape index (κ1) is 28.6. The molecule has 1 saturated carbocycles. The minimum absolute atomic E-state index is 0.124. The number of ketones is 3. The molecule has 0 bridgehead atoms. The molecule has 1 aliphatic carbocycles. The molecule has 7 rings (SSSR count). The highest BCUT2D eigenvalue weighted by molar-refractivity contribution is 6.24. The summed E-state index contributed by atoms with van der Waals surface area (Å²) < 4.78 is 5.14. The molecule has 2 aromatic carbocycles. The molecule has 17 heteroatoms. The molecule has 4 heterocycles. The molecule has 4 aromatic heterocycles. The van der Waals surface area contributed by atoms with Gasteiger partial charge in [-0.05, 0) is 30.7 Å². The minimum Gasteiger partial charge on any atom is -0.476 e. The number of rotatable bonds is 5. The number of carbonyl (C=O) groups is 4. The molecule has 1 aliphatic rings. The van der Waals surface area contributed by atoms with Crippen molar-refractivity contribution in [3.05, 3.63) is 105 Å². The first-order valence-electron chi connectivity index (χ1n) is 13.4. The summed E-state index contributed by atoms with van der Waals surface area (Å²) in [6.45, 7) is 0. The summed E-state index contributed by atoms with van der Waals surface area (Å²) in [5.41, 5.74) is -1.58. The average molecular weight is 609 g/mol. The summed E-state index contributed by atoms with van der Waals surface area (Å²) in [4.78, 5) is 78.8. The number of aromatic carboxylic acids is 1. The quantitative estimate of drug-likeness (QED) is 0.207. The summed E-state index contributed by atoms with van der Waals surface area (Å²) in [5, 5.41) is 24.6. The highest BCUT2D eigenvalue weighted by Gasteiger charge is 2.38. The number of aromatic nitrogens is 10. The van der Waals surface area contributed by atoms with Gasteiger partial charge in [-0.25, -0.2) is 4.79 Å². The van der Waals surface area contributed by atoms with E-state index in [4.69, 9.17) is 5.11 Å². The number of carboxylic acid groups (broad SMARTS) is 1. The van der Waals surface area contributed by atoms with Crippen LogP contribution in [0.2, 0.25) is 0 Å². The Morgan fingerprint density at radius 1 is 0.667 bits per heavy atom. The van der Waals surface area contributed by atoms with Crippen LogP contribution in [0.4, 0.5) is 0 Å². The second-order valence-electron chi connectivity index (χ2n) is 9.67. The minimum atomic E-state index is -1.45. The summed E-state index contributed by atoms with van der Waals surface area (Å²) in [6, 6.07) is 18.0. The molecule has 0 saturated heterocycles. The third-order valence-electron chi connectivity index (χ3n) is 6.76. The molecule has 45 heavy (non-hydrogen) atoms. The van der Waals surface area contributed by atoms with Gasteiger partial charge in [0.2, 0.25) is 11.5 Å². The maximum atomic E-state index is 12.6. The van der Waals surface area contributed by atoms with Crippen LogP contribution in [0.3, 0.4) is 0 Å². The Hall–Kier alpha value is -6.52. The van der Waals surface area contributed by atoms with Gasteiger partial charge in [0.15, 0.2) is 17.3 Å². The normalized spacial score (nSPS) is 13.5. The highest BCUT2D eigenvalue weighted by Crippen LogP contribution is 2.20. The highest BCUT2D eigenvalue weighted by atomic mass is 16.4. The van der Waals surface area contributed by atoms with E-state index < -0.39 is 51.7 Å². The van der Waals surface area contributed by atoms with Crippen LogP contribution in [0.5, 0.6) is 0 Å². The van der Waals surface area contributed by atoms with Crippen LogP contribution in [0.1, 0.15) is 40.2 Å². The van der Waals surface area contributed by atoms with E-state index in [1.807, 2.05) is 24.3 Å². The van der Waals surface area contributed by atoms with Gasteiger partial charge in [0, 0.05) is 12.8 Å². The zero-order chi connectivity index (χ0) is 31.7. The lowest BCUT2D eigenvalue weighted by atomic mass is 9.83. The monoisotopic (exact) mass is 608 g/mol. The van der Waals surface area contributed by atoms with Crippen LogP contribution in [0.15, 0.2) is 82.9 Å². The number of nitrogens with zero attached hydrogens (tertiary/aromatic N) is 10. The van der Waals surface area contributed by atoms with Crippen molar-refractivity contribution in [2.75, 3.05) is 0 Å². The molecular weight excluding hydrogens is 588 g/mol. The summed E-state index contributed by atoms with van der Waals surface area (Å²) in [7, 11) is 0. The van der Waals surface area contributed by atoms with Crippen LogP contribution in [0.25, 0.3) is 22.9 Å². The third-order valence-corrected chi connectivity index (χ3v) is 6.76. The van der Waals surface area contributed by atoms with E-state index in [1.54, 1.807) is 36.4 Å². The average Bonchev–Trinajstić information content (AvgIpc) is 3.64.